The number of aromatic nitrogens is 4. The standard InChI is InChI=1S/C49H38N6OS7/c1-7-10-13-14-17-28-22-29-45(58-28)46-30(54(29)6)23-37(62-46)49-33(56-19-16-12-9-3)25-35(60-49)39-41(51)40(50)38(42-43(39)53-63-52-42)34-20-26(4)44(59-34)36-24-32-48(61-36)47-31(21-27(5)57-47)55(32)18-15-11-8-2/h20-25H,7,10,13-14,17,50-51H2,1-6H3. The van der Waals surface area contributed by atoms with Crippen molar-refractivity contribution in [3.05, 3.63) is 51.7 Å². The molecule has 0 aliphatic heterocycles. The van der Waals surface area contributed by atoms with E-state index < -0.39 is 0 Å². The van der Waals surface area contributed by atoms with E-state index in [0.717, 1.165) is 70.9 Å². The van der Waals surface area contributed by atoms with Crippen LogP contribution in [0.5, 0.6) is 5.75 Å². The Kier molecular flexibility index (Phi) is 11.1. The Labute approximate surface area is 393 Å². The van der Waals surface area contributed by atoms with Crippen LogP contribution in [0.1, 0.15) is 61.8 Å². The third kappa shape index (κ3) is 7.12. The van der Waals surface area contributed by atoms with Crippen LogP contribution >= 0.6 is 79.7 Å². The van der Waals surface area contributed by atoms with Gasteiger partial charge in [0.05, 0.1) is 73.7 Å². The fourth-order valence-corrected chi connectivity index (χ4v) is 16.1. The molecule has 14 heteroatoms. The Morgan fingerprint density at radius 2 is 1.25 bits per heavy atom. The first-order valence-corrected chi connectivity index (χ1v) is 26.0. The minimum atomic E-state index is 0.461. The molecule has 4 N–H and O–H groups in total. The number of aryl methyl sites for hydroxylation is 4. The van der Waals surface area contributed by atoms with Gasteiger partial charge in [-0.25, -0.2) is 0 Å². The quantitative estimate of drug-likeness (QED) is 0.0809. The maximum atomic E-state index is 7.13. The number of hydrogen-bond acceptors (Lipinski definition) is 12. The summed E-state index contributed by atoms with van der Waals surface area (Å²) in [6.07, 6.45) is 8.97. The average molecular weight is 951 g/mol. The zero-order valence-corrected chi connectivity index (χ0v) is 40.9. The number of nitrogens with two attached hydrogens (primary N) is 2. The molecule has 0 saturated heterocycles. The number of nitrogens with zero attached hydrogens (tertiary/aromatic N) is 4. The van der Waals surface area contributed by atoms with Crippen LogP contribution in [-0.4, -0.2) is 17.9 Å². The molecule has 0 bridgehead atoms. The Bertz CT molecular complexity index is 3720. The summed E-state index contributed by atoms with van der Waals surface area (Å²) in [5.41, 5.74) is 24.0. The summed E-state index contributed by atoms with van der Waals surface area (Å²) in [5, 5.41) is 0. The highest BCUT2D eigenvalue weighted by molar-refractivity contribution is 7.32. The van der Waals surface area contributed by atoms with Crippen molar-refractivity contribution in [1.29, 1.82) is 0 Å². The van der Waals surface area contributed by atoms with E-state index in [0.29, 0.717) is 22.6 Å². The van der Waals surface area contributed by atoms with E-state index in [1.165, 1.54) is 75.0 Å². The smallest absolute Gasteiger partial charge is 0.160 e. The van der Waals surface area contributed by atoms with Gasteiger partial charge in [0.2, 0.25) is 0 Å². The molecule has 63 heavy (non-hydrogen) atoms. The number of hydrogen-bond donors (Lipinski definition) is 2. The van der Waals surface area contributed by atoms with Gasteiger partial charge in [0.25, 0.3) is 0 Å². The molecule has 1 aromatic carbocycles. The Balaban J connectivity index is 1.05. The average Bonchev–Trinajstić information content (AvgIpc) is 4.12. The molecule has 9 aromatic heterocycles. The molecule has 10 aromatic rings. The summed E-state index contributed by atoms with van der Waals surface area (Å²) in [7, 11) is 2.16. The van der Waals surface area contributed by atoms with Crippen molar-refractivity contribution in [2.24, 2.45) is 7.05 Å². The van der Waals surface area contributed by atoms with Gasteiger partial charge in [-0.1, -0.05) is 38.0 Å². The summed E-state index contributed by atoms with van der Waals surface area (Å²) in [4.78, 5) is 8.96. The molecule has 7 nitrogen and oxygen atoms in total. The molecule has 0 radical (unpaired) electrons. The van der Waals surface area contributed by atoms with Crippen LogP contribution in [-0.2, 0) is 13.5 Å². The molecule has 0 amide bonds. The van der Waals surface area contributed by atoms with Crippen LogP contribution in [0.3, 0.4) is 0 Å². The predicted molar refractivity (Wildman–Crippen MR) is 278 cm³/mol. The highest BCUT2D eigenvalue weighted by Crippen LogP contribution is 2.54. The van der Waals surface area contributed by atoms with Crippen molar-refractivity contribution >= 4 is 143 Å². The first-order valence-electron chi connectivity index (χ1n) is 20.3. The number of anilines is 2. The van der Waals surface area contributed by atoms with Gasteiger partial charge in [-0.2, -0.15) is 8.75 Å². The van der Waals surface area contributed by atoms with E-state index in [-0.39, 0.29) is 0 Å². The molecule has 10 rings (SSSR count). The van der Waals surface area contributed by atoms with E-state index in [9.17, 15) is 0 Å². The third-order valence-electron chi connectivity index (χ3n) is 11.0. The van der Waals surface area contributed by atoms with Crippen LogP contribution in [0.4, 0.5) is 11.4 Å². The normalized spacial score (nSPS) is 11.3. The van der Waals surface area contributed by atoms with Gasteiger partial charge in [-0.3, -0.25) is 4.57 Å². The number of unbranched alkanes of at least 4 members (excludes halogenated alkanes) is 3. The van der Waals surface area contributed by atoms with Crippen molar-refractivity contribution < 1.29 is 4.74 Å². The molecular weight excluding hydrogens is 913 g/mol. The topological polar surface area (TPSA) is 96.9 Å². The Morgan fingerprint density at radius 3 is 2.00 bits per heavy atom. The third-order valence-corrected chi connectivity index (χ3v) is 19.1. The number of ether oxygens (including phenoxy) is 1. The summed E-state index contributed by atoms with van der Waals surface area (Å²) < 4.78 is 25.4. The summed E-state index contributed by atoms with van der Waals surface area (Å²) in [6, 6.07) is 16.6. The molecular formula is C49H38N6OS7. The number of rotatable bonds is 10. The minimum absolute atomic E-state index is 0.461. The molecule has 0 aliphatic carbocycles. The number of fused-ring (bicyclic) bond motifs is 7. The molecule has 0 unspecified atom stereocenters. The van der Waals surface area contributed by atoms with Crippen LogP contribution < -0.4 is 16.2 Å². The van der Waals surface area contributed by atoms with E-state index in [1.807, 2.05) is 17.4 Å². The number of thiophene rings is 6. The maximum Gasteiger partial charge on any atom is 0.160 e. The lowest BCUT2D eigenvalue weighted by atomic mass is 10.0. The number of nitrogen functional groups attached to an aromatic ring is 2. The van der Waals surface area contributed by atoms with Crippen LogP contribution in [0, 0.1) is 61.5 Å². The second-order valence-electron chi connectivity index (χ2n) is 15.1. The predicted octanol–water partition coefficient (Wildman–Crippen LogP) is 14.6. The zero-order chi connectivity index (χ0) is 43.5. The number of benzene rings is 1. The monoisotopic (exact) mass is 950 g/mol. The fourth-order valence-electron chi connectivity index (χ4n) is 8.08. The van der Waals surface area contributed by atoms with Gasteiger partial charge < -0.3 is 20.8 Å². The van der Waals surface area contributed by atoms with Gasteiger partial charge in [-0.15, -0.1) is 68.0 Å². The zero-order valence-electron chi connectivity index (χ0n) is 35.2. The van der Waals surface area contributed by atoms with Crippen LogP contribution in [0.2, 0.25) is 0 Å². The molecule has 0 saturated carbocycles. The van der Waals surface area contributed by atoms with Crippen molar-refractivity contribution in [2.75, 3.05) is 11.5 Å². The van der Waals surface area contributed by atoms with Gasteiger partial charge in [0.15, 0.2) is 5.75 Å². The van der Waals surface area contributed by atoms with E-state index >= 15 is 0 Å². The van der Waals surface area contributed by atoms with E-state index in [1.54, 1.807) is 70.5 Å². The lowest BCUT2D eigenvalue weighted by Gasteiger charge is -2.12. The Morgan fingerprint density at radius 1 is 0.635 bits per heavy atom. The first kappa shape index (κ1) is 41.5. The van der Waals surface area contributed by atoms with Crippen molar-refractivity contribution in [3.63, 3.8) is 0 Å². The highest BCUT2D eigenvalue weighted by Gasteiger charge is 2.28. The lowest BCUT2D eigenvalue weighted by molar-refractivity contribution is 0.524. The van der Waals surface area contributed by atoms with Gasteiger partial charge in [-0.05, 0) is 88.3 Å². The van der Waals surface area contributed by atoms with Crippen LogP contribution in [0.25, 0.3) is 92.3 Å². The molecule has 9 heterocycles. The molecule has 0 aliphatic rings. The van der Waals surface area contributed by atoms with Gasteiger partial charge in [0.1, 0.15) is 17.1 Å². The SMILES string of the molecule is CC#CC#COc1cc(-c2c(N)c(N)c(-c3cc(C)c(-c4cc5c(s4)c4sc(C)cc4n5C#CC#CC)s3)c3nsnc23)sc1-c1cc2c(s1)c1sc(CCCCCC)cc1n2C. The van der Waals surface area contributed by atoms with E-state index in [2.05, 4.69) is 115 Å². The van der Waals surface area contributed by atoms with Crippen molar-refractivity contribution in [3.8, 4) is 93.8 Å². The highest BCUT2D eigenvalue weighted by atomic mass is 32.1. The molecule has 0 fully saturated rings. The molecule has 312 valence electrons. The molecule has 0 spiro atoms. The van der Waals surface area contributed by atoms with Crippen molar-refractivity contribution in [2.45, 2.75) is 66.7 Å². The first-order chi connectivity index (χ1) is 30.7. The fraction of sp³-hybridized carbons (Fsp3) is 0.224. The van der Waals surface area contributed by atoms with Crippen molar-refractivity contribution in [1.82, 2.24) is 17.9 Å². The Hall–Kier alpha value is -5.52. The minimum Gasteiger partial charge on any atom is -0.405 e. The second-order valence-corrected chi connectivity index (χ2v) is 22.3. The summed E-state index contributed by atoms with van der Waals surface area (Å²) in [5.74, 6) is 17.9. The van der Waals surface area contributed by atoms with Gasteiger partial charge >= 0.3 is 0 Å². The second kappa shape index (κ2) is 16.9. The maximum absolute atomic E-state index is 7.13. The summed E-state index contributed by atoms with van der Waals surface area (Å²) >= 11 is 11.8. The molecule has 0 atom stereocenters. The van der Waals surface area contributed by atoms with E-state index in [4.69, 9.17) is 25.0 Å². The van der Waals surface area contributed by atoms with Crippen LogP contribution in [0.15, 0.2) is 36.4 Å². The lowest BCUT2D eigenvalue weighted by Crippen LogP contribution is -2.01. The van der Waals surface area contributed by atoms with Gasteiger partial charge in [0, 0.05) is 71.4 Å². The largest absolute Gasteiger partial charge is 0.405 e. The summed E-state index contributed by atoms with van der Waals surface area (Å²) in [6.45, 7) is 10.1.